The first-order valence-electron chi connectivity index (χ1n) is 2.48. The molecule has 1 aliphatic rings. The van der Waals surface area contributed by atoms with Crippen molar-refractivity contribution in [3.8, 4) is 0 Å². The molecular weight excluding hydrogens is 104 g/mol. The lowest BCUT2D eigenvalue weighted by Gasteiger charge is -2.05. The van der Waals surface area contributed by atoms with Crippen LogP contribution < -0.4 is 0 Å². The van der Waals surface area contributed by atoms with Gasteiger partial charge in [-0.2, -0.15) is 11.8 Å². The molecule has 0 aromatic carbocycles. The molecule has 0 unspecified atom stereocenters. The number of hydrogen-bond donors (Lipinski definition) is 0. The number of hydrogen-bond acceptors (Lipinski definition) is 1. The summed E-state index contributed by atoms with van der Waals surface area (Å²) in [5, 5.41) is 0. The van der Waals surface area contributed by atoms with Gasteiger partial charge in [-0.15, -0.1) is 0 Å². The summed E-state index contributed by atoms with van der Waals surface area (Å²) in [5.74, 6) is 2.45. The molecule has 1 heterocycles. The maximum atomic E-state index is 3.85. The van der Waals surface area contributed by atoms with Gasteiger partial charge in [-0.3, -0.25) is 0 Å². The summed E-state index contributed by atoms with van der Waals surface area (Å²) in [5.41, 5.74) is 1.32. The Labute approximate surface area is 49.0 Å². The van der Waals surface area contributed by atoms with E-state index in [1.54, 1.807) is 0 Å². The summed E-state index contributed by atoms with van der Waals surface area (Å²) in [6.45, 7) is 3.85. The Bertz CT molecular complexity index is 84.2. The first-order chi connectivity index (χ1) is 3.39. The molecule has 0 spiro atoms. The highest BCUT2D eigenvalue weighted by Crippen LogP contribution is 2.14. The maximum Gasteiger partial charge on any atom is 0.0116 e. The van der Waals surface area contributed by atoms with Crippen LogP contribution in [0.25, 0.3) is 0 Å². The van der Waals surface area contributed by atoms with Gasteiger partial charge >= 0.3 is 0 Å². The zero-order chi connectivity index (χ0) is 5.11. The average molecular weight is 113 g/mol. The molecule has 0 aliphatic carbocycles. The predicted octanol–water partition coefficient (Wildman–Crippen LogP) is 1.88. The molecule has 7 heavy (non-hydrogen) atoms. The van der Waals surface area contributed by atoms with Crippen molar-refractivity contribution >= 4 is 11.8 Å². The van der Waals surface area contributed by atoms with E-state index in [-0.39, 0.29) is 0 Å². The molecule has 1 rings (SSSR count). The standard InChI is InChI=1S/C6H9S/c1-6-2-4-7-5-3-6/h2H,1,3-5H2. The van der Waals surface area contributed by atoms with Gasteiger partial charge in [0.2, 0.25) is 0 Å². The zero-order valence-corrected chi connectivity index (χ0v) is 5.13. The third-order valence-corrected chi connectivity index (χ3v) is 1.95. The quantitative estimate of drug-likeness (QED) is 0.462. The van der Waals surface area contributed by atoms with E-state index in [1.807, 2.05) is 11.8 Å². The highest BCUT2D eigenvalue weighted by atomic mass is 32.2. The van der Waals surface area contributed by atoms with Gasteiger partial charge in [0.25, 0.3) is 0 Å². The van der Waals surface area contributed by atoms with E-state index in [1.165, 1.54) is 23.5 Å². The first-order valence-corrected chi connectivity index (χ1v) is 3.64. The third-order valence-electron chi connectivity index (χ3n) is 1.06. The van der Waals surface area contributed by atoms with Crippen LogP contribution in [0.5, 0.6) is 0 Å². The minimum Gasteiger partial charge on any atom is -0.158 e. The van der Waals surface area contributed by atoms with E-state index < -0.39 is 0 Å². The van der Waals surface area contributed by atoms with Crippen LogP contribution in [-0.2, 0) is 0 Å². The van der Waals surface area contributed by atoms with Crippen LogP contribution in [0.15, 0.2) is 11.6 Å². The van der Waals surface area contributed by atoms with Crippen LogP contribution in [0.4, 0.5) is 0 Å². The van der Waals surface area contributed by atoms with E-state index in [0.29, 0.717) is 0 Å². The van der Waals surface area contributed by atoms with Gasteiger partial charge in [-0.25, -0.2) is 0 Å². The van der Waals surface area contributed by atoms with Gasteiger partial charge in [-0.05, 0) is 19.1 Å². The molecule has 0 saturated carbocycles. The number of allylic oxidation sites excluding steroid dienone is 1. The maximum absolute atomic E-state index is 3.85. The third kappa shape index (κ3) is 1.56. The van der Waals surface area contributed by atoms with Crippen molar-refractivity contribution in [2.45, 2.75) is 6.42 Å². The van der Waals surface area contributed by atoms with Gasteiger partial charge in [0.1, 0.15) is 0 Å². The second-order valence-electron chi connectivity index (χ2n) is 1.69. The molecule has 0 amide bonds. The highest BCUT2D eigenvalue weighted by molar-refractivity contribution is 7.99. The second kappa shape index (κ2) is 2.41. The van der Waals surface area contributed by atoms with Gasteiger partial charge in [-0.1, -0.05) is 11.6 Å². The molecule has 39 valence electrons. The molecule has 1 heteroatoms. The molecule has 0 N–H and O–H groups in total. The monoisotopic (exact) mass is 113 g/mol. The molecule has 0 aromatic heterocycles. The summed E-state index contributed by atoms with van der Waals surface area (Å²) in [7, 11) is 0. The summed E-state index contributed by atoms with van der Waals surface area (Å²) < 4.78 is 0. The first kappa shape index (κ1) is 5.23. The Hall–Kier alpha value is 0.0900. The van der Waals surface area contributed by atoms with Crippen molar-refractivity contribution in [2.75, 3.05) is 11.5 Å². The van der Waals surface area contributed by atoms with Crippen LogP contribution in [0, 0.1) is 6.92 Å². The molecule has 0 nitrogen and oxygen atoms in total. The van der Waals surface area contributed by atoms with E-state index >= 15 is 0 Å². The average Bonchev–Trinajstić information content (AvgIpc) is 1.69. The molecule has 1 radical (unpaired) electrons. The largest absolute Gasteiger partial charge is 0.158 e. The molecule has 0 saturated heterocycles. The smallest absolute Gasteiger partial charge is 0.0116 e. The minimum atomic E-state index is 1.18. The van der Waals surface area contributed by atoms with Gasteiger partial charge in [0.05, 0.1) is 0 Å². The molecule has 0 atom stereocenters. The summed E-state index contributed by atoms with van der Waals surface area (Å²) in [6, 6.07) is 0. The molecule has 0 aromatic rings. The Morgan fingerprint density at radius 2 is 2.57 bits per heavy atom. The molecule has 1 aliphatic heterocycles. The summed E-state index contributed by atoms with van der Waals surface area (Å²) >= 11 is 1.98. The normalized spacial score (nSPS) is 21.6. The summed E-state index contributed by atoms with van der Waals surface area (Å²) in [6.07, 6.45) is 3.40. The highest BCUT2D eigenvalue weighted by Gasteiger charge is 1.95. The fraction of sp³-hybridized carbons (Fsp3) is 0.500. The lowest BCUT2D eigenvalue weighted by atomic mass is 10.2. The Morgan fingerprint density at radius 3 is 2.86 bits per heavy atom. The SMILES string of the molecule is [CH2]C1=CCSCC1. The van der Waals surface area contributed by atoms with Crippen molar-refractivity contribution in [2.24, 2.45) is 0 Å². The van der Waals surface area contributed by atoms with E-state index in [9.17, 15) is 0 Å². The lowest BCUT2D eigenvalue weighted by molar-refractivity contribution is 1.14. The van der Waals surface area contributed by atoms with Crippen molar-refractivity contribution in [1.29, 1.82) is 0 Å². The van der Waals surface area contributed by atoms with Crippen molar-refractivity contribution in [1.82, 2.24) is 0 Å². The molecule has 0 fully saturated rings. The van der Waals surface area contributed by atoms with Crippen molar-refractivity contribution in [3.05, 3.63) is 18.6 Å². The van der Waals surface area contributed by atoms with Gasteiger partial charge in [0, 0.05) is 5.75 Å². The molecular formula is C6H9S. The fourth-order valence-corrected chi connectivity index (χ4v) is 1.49. The van der Waals surface area contributed by atoms with E-state index in [2.05, 4.69) is 13.0 Å². The minimum absolute atomic E-state index is 1.18. The van der Waals surface area contributed by atoms with Crippen LogP contribution in [-0.4, -0.2) is 11.5 Å². The van der Waals surface area contributed by atoms with Crippen LogP contribution in [0.3, 0.4) is 0 Å². The van der Waals surface area contributed by atoms with Gasteiger partial charge < -0.3 is 0 Å². The van der Waals surface area contributed by atoms with Crippen LogP contribution >= 0.6 is 11.8 Å². The number of rotatable bonds is 0. The fourth-order valence-electron chi connectivity index (χ4n) is 0.565. The molecule has 0 bridgehead atoms. The van der Waals surface area contributed by atoms with E-state index in [4.69, 9.17) is 0 Å². The van der Waals surface area contributed by atoms with E-state index in [0.717, 1.165) is 0 Å². The van der Waals surface area contributed by atoms with Crippen molar-refractivity contribution < 1.29 is 0 Å². The lowest BCUT2D eigenvalue weighted by Crippen LogP contribution is -1.90. The number of thioether (sulfide) groups is 1. The Morgan fingerprint density at radius 1 is 1.71 bits per heavy atom. The van der Waals surface area contributed by atoms with Gasteiger partial charge in [0.15, 0.2) is 0 Å². The zero-order valence-electron chi connectivity index (χ0n) is 4.31. The van der Waals surface area contributed by atoms with Crippen LogP contribution in [0.2, 0.25) is 0 Å². The predicted molar refractivity (Wildman–Crippen MR) is 35.4 cm³/mol. The Kier molecular flexibility index (Phi) is 1.80. The summed E-state index contributed by atoms with van der Waals surface area (Å²) in [4.78, 5) is 0. The van der Waals surface area contributed by atoms with Crippen LogP contribution in [0.1, 0.15) is 6.42 Å². The Balaban J connectivity index is 2.40. The van der Waals surface area contributed by atoms with Crippen molar-refractivity contribution in [3.63, 3.8) is 0 Å². The topological polar surface area (TPSA) is 0 Å². The second-order valence-corrected chi connectivity index (χ2v) is 2.84.